The third kappa shape index (κ3) is 7.09. The summed E-state index contributed by atoms with van der Waals surface area (Å²) in [6.45, 7) is 8.39. The molecule has 0 aromatic carbocycles. The van der Waals surface area contributed by atoms with Crippen molar-refractivity contribution in [2.45, 2.75) is 40.5 Å². The first-order chi connectivity index (χ1) is 11.5. The molecule has 0 unspecified atom stereocenters. The van der Waals surface area contributed by atoms with Gasteiger partial charge in [-0.15, -0.1) is 0 Å². The number of hydrogen-bond acceptors (Lipinski definition) is 4. The third-order valence-electron chi connectivity index (χ3n) is 3.29. The van der Waals surface area contributed by atoms with Gasteiger partial charge in [0.1, 0.15) is 12.4 Å². The number of aliphatic imine (C=N–C) groups is 1. The summed E-state index contributed by atoms with van der Waals surface area (Å²) in [6.07, 6.45) is 9.43. The van der Waals surface area contributed by atoms with Gasteiger partial charge in [-0.1, -0.05) is 37.6 Å². The molecule has 0 aliphatic carbocycles. The molecule has 1 rings (SSSR count). The van der Waals surface area contributed by atoms with Crippen LogP contribution in [0.1, 0.15) is 40.5 Å². The maximum Gasteiger partial charge on any atom is 0.327 e. The van der Waals surface area contributed by atoms with Gasteiger partial charge in [0.15, 0.2) is 0 Å². The number of allylic oxidation sites excluding steroid dienone is 4. The van der Waals surface area contributed by atoms with Gasteiger partial charge in [0.2, 0.25) is 5.90 Å². The molecule has 6 nitrogen and oxygen atoms in total. The van der Waals surface area contributed by atoms with Crippen LogP contribution in [0.3, 0.4) is 0 Å². The average molecular weight is 331 g/mol. The number of aromatic nitrogens is 2. The molecule has 1 aromatic rings. The van der Waals surface area contributed by atoms with Crippen molar-refractivity contribution in [3.63, 3.8) is 0 Å². The first-order valence-corrected chi connectivity index (χ1v) is 8.01. The van der Waals surface area contributed by atoms with Crippen LogP contribution in [0.15, 0.2) is 56.1 Å². The highest BCUT2D eigenvalue weighted by atomic mass is 16.5. The lowest BCUT2D eigenvalue weighted by Crippen LogP contribution is -2.20. The van der Waals surface area contributed by atoms with Gasteiger partial charge in [-0.3, -0.25) is 14.8 Å². The third-order valence-corrected chi connectivity index (χ3v) is 3.29. The fourth-order valence-corrected chi connectivity index (χ4v) is 1.72. The maximum atomic E-state index is 11.4. The first-order valence-electron chi connectivity index (χ1n) is 8.01. The van der Waals surface area contributed by atoms with Gasteiger partial charge < -0.3 is 4.74 Å². The second-order valence-electron chi connectivity index (χ2n) is 5.26. The molecule has 6 heteroatoms. The van der Waals surface area contributed by atoms with Crippen LogP contribution < -0.4 is 11.2 Å². The molecule has 0 aliphatic rings. The zero-order chi connectivity index (χ0) is 17.9. The highest BCUT2D eigenvalue weighted by Gasteiger charge is 2.03. The van der Waals surface area contributed by atoms with Crippen LogP contribution in [0.2, 0.25) is 0 Å². The Morgan fingerprint density at radius 1 is 1.25 bits per heavy atom. The molecular formula is C18H25N3O3. The van der Waals surface area contributed by atoms with Gasteiger partial charge in [-0.05, 0) is 38.3 Å². The number of H-pyrrole nitrogens is 2. The van der Waals surface area contributed by atoms with Crippen molar-refractivity contribution in [3.05, 3.63) is 62.4 Å². The molecule has 130 valence electrons. The van der Waals surface area contributed by atoms with E-state index < -0.39 is 11.2 Å². The Morgan fingerprint density at radius 3 is 2.58 bits per heavy atom. The summed E-state index contributed by atoms with van der Waals surface area (Å²) in [6, 6.07) is 1.22. The summed E-state index contributed by atoms with van der Waals surface area (Å²) in [7, 11) is 0. The fraction of sp³-hybridized carbons (Fsp3) is 0.389. The lowest BCUT2D eigenvalue weighted by Gasteiger charge is -2.09. The van der Waals surface area contributed by atoms with Crippen LogP contribution in [-0.4, -0.2) is 22.5 Å². The number of aromatic amines is 2. The van der Waals surface area contributed by atoms with E-state index in [1.165, 1.54) is 6.07 Å². The van der Waals surface area contributed by atoms with E-state index in [0.717, 1.165) is 24.0 Å². The molecule has 0 spiro atoms. The Labute approximate surface area is 141 Å². The maximum absolute atomic E-state index is 11.4. The van der Waals surface area contributed by atoms with Gasteiger partial charge in [0, 0.05) is 6.07 Å². The largest absolute Gasteiger partial charge is 0.473 e. The topological polar surface area (TPSA) is 87.3 Å². The van der Waals surface area contributed by atoms with Crippen LogP contribution in [-0.2, 0) is 4.74 Å². The van der Waals surface area contributed by atoms with E-state index in [1.807, 2.05) is 45.1 Å². The minimum absolute atomic E-state index is 0.161. The van der Waals surface area contributed by atoms with Crippen molar-refractivity contribution >= 4 is 11.7 Å². The molecular weight excluding hydrogens is 306 g/mol. The van der Waals surface area contributed by atoms with Gasteiger partial charge in [0.05, 0.1) is 0 Å². The van der Waals surface area contributed by atoms with Gasteiger partial charge >= 0.3 is 5.69 Å². The molecule has 0 aliphatic heterocycles. The Bertz CT molecular complexity index is 736. The molecule has 0 fully saturated rings. The summed E-state index contributed by atoms with van der Waals surface area (Å²) < 4.78 is 5.79. The fourth-order valence-electron chi connectivity index (χ4n) is 1.72. The number of hydrogen-bond donors (Lipinski definition) is 2. The quantitative estimate of drug-likeness (QED) is 0.456. The zero-order valence-corrected chi connectivity index (χ0v) is 14.7. The van der Waals surface area contributed by atoms with Gasteiger partial charge in [0.25, 0.3) is 5.56 Å². The minimum Gasteiger partial charge on any atom is -0.473 e. The van der Waals surface area contributed by atoms with Crippen molar-refractivity contribution in [2.75, 3.05) is 6.61 Å². The Morgan fingerprint density at radius 2 is 2.00 bits per heavy atom. The second kappa shape index (κ2) is 10.2. The van der Waals surface area contributed by atoms with Crippen LogP contribution in [0, 0.1) is 0 Å². The van der Waals surface area contributed by atoms with E-state index in [4.69, 9.17) is 4.74 Å². The molecule has 0 atom stereocenters. The van der Waals surface area contributed by atoms with E-state index in [0.29, 0.717) is 12.5 Å². The van der Waals surface area contributed by atoms with E-state index in [9.17, 15) is 9.59 Å². The number of nitrogens with zero attached hydrogens (tertiary/aromatic N) is 1. The Kier molecular flexibility index (Phi) is 8.25. The summed E-state index contributed by atoms with van der Waals surface area (Å²) in [5.74, 6) is 0.518. The van der Waals surface area contributed by atoms with E-state index in [2.05, 4.69) is 21.9 Å². The minimum atomic E-state index is -0.598. The molecule has 0 amide bonds. The molecule has 1 aromatic heterocycles. The molecule has 0 saturated heterocycles. The van der Waals surface area contributed by atoms with E-state index in [-0.39, 0.29) is 5.82 Å². The summed E-state index contributed by atoms with van der Waals surface area (Å²) in [5.41, 5.74) is 1.09. The van der Waals surface area contributed by atoms with E-state index >= 15 is 0 Å². The van der Waals surface area contributed by atoms with Crippen molar-refractivity contribution in [1.82, 2.24) is 9.97 Å². The molecule has 0 bridgehead atoms. The van der Waals surface area contributed by atoms with Crippen molar-refractivity contribution in [1.29, 1.82) is 0 Å². The molecule has 24 heavy (non-hydrogen) atoms. The average Bonchev–Trinajstić information content (AvgIpc) is 2.53. The number of ether oxygens (including phenoxy) is 1. The lowest BCUT2D eigenvalue weighted by molar-refractivity contribution is 0.338. The second-order valence-corrected chi connectivity index (χ2v) is 5.26. The smallest absolute Gasteiger partial charge is 0.327 e. The van der Waals surface area contributed by atoms with Crippen molar-refractivity contribution < 1.29 is 4.74 Å². The molecule has 2 N–H and O–H groups in total. The first kappa shape index (κ1) is 19.4. The number of rotatable bonds is 7. The SMILES string of the molecule is C/C=C\C=C(/CC)COC(/C=C(\C)CC)=N/c1cc(=O)[nH]c(=O)[nH]1. The highest BCUT2D eigenvalue weighted by molar-refractivity contribution is 5.90. The monoisotopic (exact) mass is 331 g/mol. The molecule has 0 radical (unpaired) electrons. The van der Waals surface area contributed by atoms with Gasteiger partial charge in [-0.2, -0.15) is 4.99 Å². The van der Waals surface area contributed by atoms with Crippen LogP contribution in [0.5, 0.6) is 0 Å². The highest BCUT2D eigenvalue weighted by Crippen LogP contribution is 2.09. The Balaban J connectivity index is 3.10. The summed E-state index contributed by atoms with van der Waals surface area (Å²) in [4.78, 5) is 31.6. The standard InChI is InChI=1S/C18H25N3O3/c1-5-8-9-14(7-3)12-24-17(10-13(4)6-2)19-15-11-16(22)21-18(23)20-15/h5,8-11H,6-7,12H2,1-4H3,(H2,20,21,22,23)/b8-5-,13-10+,14-9+,19-17+. The number of nitrogens with one attached hydrogen (secondary N) is 2. The summed E-state index contributed by atoms with van der Waals surface area (Å²) in [5, 5.41) is 0. The molecule has 0 saturated carbocycles. The van der Waals surface area contributed by atoms with Crippen molar-refractivity contribution in [2.24, 2.45) is 4.99 Å². The van der Waals surface area contributed by atoms with Crippen molar-refractivity contribution in [3.8, 4) is 0 Å². The lowest BCUT2D eigenvalue weighted by atomic mass is 10.2. The molecule has 1 heterocycles. The van der Waals surface area contributed by atoms with E-state index in [1.54, 1.807) is 0 Å². The van der Waals surface area contributed by atoms with Crippen LogP contribution in [0.4, 0.5) is 5.82 Å². The van der Waals surface area contributed by atoms with Crippen LogP contribution >= 0.6 is 0 Å². The van der Waals surface area contributed by atoms with Crippen LogP contribution in [0.25, 0.3) is 0 Å². The Hall–Kier alpha value is -2.63. The predicted octanol–water partition coefficient (Wildman–Crippen LogP) is 3.38. The normalized spacial score (nSPS) is 13.6. The van der Waals surface area contributed by atoms with Gasteiger partial charge in [-0.25, -0.2) is 4.79 Å². The predicted molar refractivity (Wildman–Crippen MR) is 98.0 cm³/mol. The zero-order valence-electron chi connectivity index (χ0n) is 14.7. The summed E-state index contributed by atoms with van der Waals surface area (Å²) >= 11 is 0.